The molecule has 0 unspecified atom stereocenters. The summed E-state index contributed by atoms with van der Waals surface area (Å²) in [7, 11) is 0. The van der Waals surface area contributed by atoms with Gasteiger partial charge in [0.05, 0.1) is 11.3 Å². The van der Waals surface area contributed by atoms with Crippen LogP contribution < -0.4 is 21.7 Å². The summed E-state index contributed by atoms with van der Waals surface area (Å²) in [5.74, 6) is -0.445. The van der Waals surface area contributed by atoms with E-state index in [0.717, 1.165) is 11.6 Å². The van der Waals surface area contributed by atoms with E-state index in [1.165, 1.54) is 18.2 Å². The van der Waals surface area contributed by atoms with Crippen LogP contribution in [0.15, 0.2) is 48.5 Å². The minimum atomic E-state index is -4.46. The molecule has 3 rings (SSSR count). The second-order valence-electron chi connectivity index (χ2n) is 9.17. The van der Waals surface area contributed by atoms with Crippen molar-refractivity contribution in [3.8, 4) is 0 Å². The number of amides is 2. The maximum Gasteiger partial charge on any atom is 0.418 e. The number of hydrogen-bond donors (Lipinski definition) is 4. The number of para-hydroxylation sites is 1. The van der Waals surface area contributed by atoms with Gasteiger partial charge in [0.25, 0.3) is 0 Å². The van der Waals surface area contributed by atoms with Crippen LogP contribution in [-0.2, 0) is 22.3 Å². The molecule has 2 amide bonds. The lowest BCUT2D eigenvalue weighted by Gasteiger charge is -2.20. The molecular formula is C24H29F3N4O2. The Labute approximate surface area is 191 Å². The number of alkyl halides is 3. The zero-order valence-electron chi connectivity index (χ0n) is 18.7. The lowest BCUT2D eigenvalue weighted by molar-refractivity contribution is -0.137. The van der Waals surface area contributed by atoms with E-state index >= 15 is 0 Å². The summed E-state index contributed by atoms with van der Waals surface area (Å²) >= 11 is 0. The number of nitrogens with one attached hydrogen (secondary N) is 3. The first-order valence-corrected chi connectivity index (χ1v) is 10.8. The fraction of sp³-hybridized carbons (Fsp3) is 0.417. The molecule has 1 saturated carbocycles. The number of rotatable bonds is 9. The Morgan fingerprint density at radius 2 is 1.67 bits per heavy atom. The average Bonchev–Trinajstić information content (AvgIpc) is 3.51. The van der Waals surface area contributed by atoms with Crippen molar-refractivity contribution in [2.24, 2.45) is 5.73 Å². The predicted molar refractivity (Wildman–Crippen MR) is 121 cm³/mol. The fourth-order valence-electron chi connectivity index (χ4n) is 3.35. The van der Waals surface area contributed by atoms with Gasteiger partial charge in [-0.15, -0.1) is 0 Å². The zero-order chi connectivity index (χ0) is 24.3. The summed E-state index contributed by atoms with van der Waals surface area (Å²) in [6, 6.07) is 12.0. The average molecular weight is 463 g/mol. The van der Waals surface area contributed by atoms with Gasteiger partial charge < -0.3 is 21.7 Å². The van der Waals surface area contributed by atoms with Gasteiger partial charge in [-0.25, -0.2) is 0 Å². The van der Waals surface area contributed by atoms with Gasteiger partial charge in [-0.3, -0.25) is 9.59 Å². The van der Waals surface area contributed by atoms with Crippen molar-refractivity contribution in [1.82, 2.24) is 10.6 Å². The number of carbonyl (C=O) groups is 2. The number of carbonyl (C=O) groups excluding carboxylic acids is 2. The normalized spacial score (nSPS) is 15.0. The van der Waals surface area contributed by atoms with Crippen LogP contribution in [0.1, 0.15) is 50.7 Å². The molecule has 0 saturated heterocycles. The molecule has 5 N–H and O–H groups in total. The van der Waals surface area contributed by atoms with E-state index < -0.39 is 22.8 Å². The quantitative estimate of drug-likeness (QED) is 0.448. The molecule has 178 valence electrons. The Bertz CT molecular complexity index is 994. The van der Waals surface area contributed by atoms with E-state index in [1.807, 2.05) is 13.8 Å². The molecule has 1 aliphatic carbocycles. The molecule has 9 heteroatoms. The second-order valence-corrected chi connectivity index (χ2v) is 9.17. The minimum Gasteiger partial charge on any atom is -0.355 e. The third-order valence-corrected chi connectivity index (χ3v) is 5.48. The van der Waals surface area contributed by atoms with Crippen LogP contribution in [0, 0.1) is 0 Å². The molecular weight excluding hydrogens is 433 g/mol. The monoisotopic (exact) mass is 462 g/mol. The molecule has 0 heterocycles. The van der Waals surface area contributed by atoms with Crippen molar-refractivity contribution in [2.75, 3.05) is 5.32 Å². The van der Waals surface area contributed by atoms with Crippen LogP contribution >= 0.6 is 0 Å². The summed E-state index contributed by atoms with van der Waals surface area (Å²) in [4.78, 5) is 24.8. The molecule has 33 heavy (non-hydrogen) atoms. The minimum absolute atomic E-state index is 0.0320. The van der Waals surface area contributed by atoms with E-state index in [0.29, 0.717) is 24.9 Å². The van der Waals surface area contributed by atoms with Crippen LogP contribution in [0.5, 0.6) is 0 Å². The van der Waals surface area contributed by atoms with Crippen LogP contribution in [-0.4, -0.2) is 22.9 Å². The Balaban J connectivity index is 1.53. The maximum absolute atomic E-state index is 13.2. The van der Waals surface area contributed by atoms with Crippen LogP contribution in [0.25, 0.3) is 0 Å². The third kappa shape index (κ3) is 6.95. The highest BCUT2D eigenvalue weighted by Crippen LogP contribution is 2.37. The van der Waals surface area contributed by atoms with E-state index in [4.69, 9.17) is 5.73 Å². The van der Waals surface area contributed by atoms with Gasteiger partial charge in [0.2, 0.25) is 11.8 Å². The molecule has 1 fully saturated rings. The van der Waals surface area contributed by atoms with Crippen molar-refractivity contribution in [1.29, 1.82) is 0 Å². The van der Waals surface area contributed by atoms with Crippen molar-refractivity contribution in [2.45, 2.75) is 63.3 Å². The number of halogens is 3. The highest BCUT2D eigenvalue weighted by Gasteiger charge is 2.50. The van der Waals surface area contributed by atoms with Crippen molar-refractivity contribution in [3.05, 3.63) is 59.7 Å². The lowest BCUT2D eigenvalue weighted by atomic mass is 10.00. The summed E-state index contributed by atoms with van der Waals surface area (Å²) < 4.78 is 39.5. The van der Waals surface area contributed by atoms with Crippen LogP contribution in [0.2, 0.25) is 0 Å². The van der Waals surface area contributed by atoms with Gasteiger partial charge in [0.15, 0.2) is 0 Å². The first kappa shape index (κ1) is 24.6. The van der Waals surface area contributed by atoms with Gasteiger partial charge >= 0.3 is 6.18 Å². The van der Waals surface area contributed by atoms with Crippen molar-refractivity contribution < 1.29 is 22.8 Å². The summed E-state index contributed by atoms with van der Waals surface area (Å²) in [5, 5.41) is 8.44. The highest BCUT2D eigenvalue weighted by atomic mass is 19.4. The summed E-state index contributed by atoms with van der Waals surface area (Å²) in [6.07, 6.45) is -2.52. The molecule has 0 radical (unpaired) electrons. The van der Waals surface area contributed by atoms with Gasteiger partial charge in [-0.05, 0) is 62.9 Å². The van der Waals surface area contributed by atoms with E-state index in [1.54, 1.807) is 24.3 Å². The van der Waals surface area contributed by atoms with Crippen LogP contribution in [0.4, 0.5) is 24.5 Å². The summed E-state index contributed by atoms with van der Waals surface area (Å²) in [6.45, 7) is 3.93. The molecule has 0 spiro atoms. The smallest absolute Gasteiger partial charge is 0.355 e. The van der Waals surface area contributed by atoms with E-state index in [2.05, 4.69) is 16.0 Å². The highest BCUT2D eigenvalue weighted by molar-refractivity contribution is 5.94. The second kappa shape index (κ2) is 9.43. The molecule has 2 aromatic rings. The topological polar surface area (TPSA) is 96.2 Å². The molecule has 0 aliphatic heterocycles. The SMILES string of the molecule is CC(C)(N)CCC(=O)NC1(C(=O)NCc2ccc(Nc3ccccc3C(F)(F)F)cc2)CC1. The Hall–Kier alpha value is -3.07. The summed E-state index contributed by atoms with van der Waals surface area (Å²) in [5.41, 5.74) is 5.09. The van der Waals surface area contributed by atoms with Crippen molar-refractivity contribution >= 4 is 23.2 Å². The van der Waals surface area contributed by atoms with E-state index in [9.17, 15) is 22.8 Å². The van der Waals surface area contributed by atoms with Crippen LogP contribution in [0.3, 0.4) is 0 Å². The number of nitrogens with two attached hydrogens (primary N) is 1. The lowest BCUT2D eigenvalue weighted by Crippen LogP contribution is -2.49. The standard InChI is InChI=1S/C24H29F3N4O2/c1-22(2,28)12-11-20(32)31-23(13-14-23)21(33)29-15-16-7-9-17(10-8-16)30-19-6-4-3-5-18(19)24(25,26)27/h3-10,30H,11-15,28H2,1-2H3,(H,29,33)(H,31,32). The third-order valence-electron chi connectivity index (χ3n) is 5.48. The van der Waals surface area contributed by atoms with Gasteiger partial charge in [0, 0.05) is 24.2 Å². The van der Waals surface area contributed by atoms with Gasteiger partial charge in [0.1, 0.15) is 5.54 Å². The molecule has 0 aromatic heterocycles. The Kier molecular flexibility index (Phi) is 7.02. The number of benzene rings is 2. The molecule has 1 aliphatic rings. The Morgan fingerprint density at radius 1 is 1.03 bits per heavy atom. The molecule has 0 atom stereocenters. The Morgan fingerprint density at radius 3 is 2.24 bits per heavy atom. The number of anilines is 2. The largest absolute Gasteiger partial charge is 0.418 e. The van der Waals surface area contributed by atoms with Crippen molar-refractivity contribution in [3.63, 3.8) is 0 Å². The molecule has 6 nitrogen and oxygen atoms in total. The zero-order valence-corrected chi connectivity index (χ0v) is 18.7. The molecule has 2 aromatic carbocycles. The van der Waals surface area contributed by atoms with E-state index in [-0.39, 0.29) is 30.5 Å². The predicted octanol–water partition coefficient (Wildman–Crippen LogP) is 4.23. The van der Waals surface area contributed by atoms with Gasteiger partial charge in [-0.1, -0.05) is 24.3 Å². The molecule has 0 bridgehead atoms. The first-order chi connectivity index (χ1) is 15.4. The fourth-order valence-corrected chi connectivity index (χ4v) is 3.35. The first-order valence-electron chi connectivity index (χ1n) is 10.8. The number of hydrogen-bond acceptors (Lipinski definition) is 4. The maximum atomic E-state index is 13.2. The van der Waals surface area contributed by atoms with Gasteiger partial charge in [-0.2, -0.15) is 13.2 Å².